The molecule has 0 unspecified atom stereocenters. The fourth-order valence-electron chi connectivity index (χ4n) is 2.07. The van der Waals surface area contributed by atoms with Gasteiger partial charge in [-0.15, -0.1) is 4.68 Å². The number of hydrogen-bond acceptors (Lipinski definition) is 5. The Labute approximate surface area is 113 Å². The molecule has 0 amide bonds. The summed E-state index contributed by atoms with van der Waals surface area (Å²) in [6, 6.07) is 8.01. The molecule has 8 nitrogen and oxygen atoms in total. The normalized spacial score (nSPS) is 10.8. The first-order chi connectivity index (χ1) is 9.75. The molecule has 3 rings (SSSR count). The minimum Gasteiger partial charge on any atom is -0.463 e. The molecule has 2 heterocycles. The molecule has 2 aromatic heterocycles. The maximum atomic E-state index is 10.8. The van der Waals surface area contributed by atoms with Gasteiger partial charge in [-0.3, -0.25) is 0 Å². The Morgan fingerprint density at radius 2 is 2.25 bits per heavy atom. The van der Waals surface area contributed by atoms with Crippen molar-refractivity contribution in [3.8, 4) is 0 Å². The highest BCUT2D eigenvalue weighted by atomic mass is 16.4. The van der Waals surface area contributed by atoms with Gasteiger partial charge in [-0.05, 0) is 28.5 Å². The fourth-order valence-corrected chi connectivity index (χ4v) is 2.07. The molecule has 102 valence electrons. The third-order valence-electron chi connectivity index (χ3n) is 3.00. The van der Waals surface area contributed by atoms with Gasteiger partial charge >= 0.3 is 6.09 Å². The number of carbonyl (C=O) groups is 1. The van der Waals surface area contributed by atoms with Gasteiger partial charge < -0.3 is 15.4 Å². The highest BCUT2D eigenvalue weighted by Gasteiger charge is 2.11. The minimum absolute atomic E-state index is 0.123. The van der Waals surface area contributed by atoms with Crippen molar-refractivity contribution >= 4 is 22.9 Å². The first-order valence-electron chi connectivity index (χ1n) is 6.06. The molecule has 0 aliphatic rings. The number of nitrogens with zero attached hydrogens (tertiary/aromatic N) is 4. The van der Waals surface area contributed by atoms with Crippen molar-refractivity contribution in [2.75, 3.05) is 11.9 Å². The molecule has 0 fully saturated rings. The maximum absolute atomic E-state index is 10.8. The van der Waals surface area contributed by atoms with Crippen LogP contribution in [-0.4, -0.2) is 42.9 Å². The number of hydrogen-bond donors (Lipinski definition) is 3. The minimum atomic E-state index is -1.22. The number of tetrazole rings is 1. The van der Waals surface area contributed by atoms with Gasteiger partial charge in [-0.25, -0.2) is 4.79 Å². The van der Waals surface area contributed by atoms with E-state index >= 15 is 0 Å². The Balaban J connectivity index is 1.68. The van der Waals surface area contributed by atoms with Gasteiger partial charge in [0.05, 0.1) is 0 Å². The van der Waals surface area contributed by atoms with Crippen molar-refractivity contribution in [1.82, 2.24) is 25.2 Å². The third kappa shape index (κ3) is 2.18. The quantitative estimate of drug-likeness (QED) is 0.618. The number of benzene rings is 1. The molecule has 0 spiro atoms. The summed E-state index contributed by atoms with van der Waals surface area (Å²) in [5, 5.41) is 23.2. The van der Waals surface area contributed by atoms with Gasteiger partial charge in [0.25, 0.3) is 5.95 Å². The maximum Gasteiger partial charge on any atom is 0.436 e. The highest BCUT2D eigenvalue weighted by Crippen LogP contribution is 2.17. The van der Waals surface area contributed by atoms with Gasteiger partial charge in [-0.2, -0.15) is 0 Å². The molecular weight excluding hydrogens is 260 g/mol. The molecule has 0 atom stereocenters. The summed E-state index contributed by atoms with van der Waals surface area (Å²) < 4.78 is 0.704. The summed E-state index contributed by atoms with van der Waals surface area (Å²) >= 11 is 0. The number of nitrogens with one attached hydrogen (secondary N) is 2. The first kappa shape index (κ1) is 12.2. The number of rotatable bonds is 4. The van der Waals surface area contributed by atoms with Crippen LogP contribution in [0.3, 0.4) is 0 Å². The molecule has 0 bridgehead atoms. The lowest BCUT2D eigenvalue weighted by Crippen LogP contribution is -2.16. The summed E-state index contributed by atoms with van der Waals surface area (Å²) in [4.78, 5) is 14.0. The van der Waals surface area contributed by atoms with Crippen LogP contribution in [0.25, 0.3) is 10.9 Å². The van der Waals surface area contributed by atoms with E-state index in [2.05, 4.69) is 25.8 Å². The molecule has 20 heavy (non-hydrogen) atoms. The Bertz CT molecular complexity index is 747. The molecule has 3 N–H and O–H groups in total. The fraction of sp³-hybridized carbons (Fsp3) is 0.167. The number of aromatic amines is 1. The Morgan fingerprint density at radius 1 is 1.40 bits per heavy atom. The van der Waals surface area contributed by atoms with Crippen LogP contribution < -0.4 is 5.32 Å². The van der Waals surface area contributed by atoms with E-state index in [1.807, 2.05) is 30.5 Å². The largest absolute Gasteiger partial charge is 0.463 e. The average molecular weight is 272 g/mol. The molecular formula is C12H12N6O2. The summed E-state index contributed by atoms with van der Waals surface area (Å²) in [6.45, 7) is 0.537. The van der Waals surface area contributed by atoms with Crippen LogP contribution in [0.15, 0.2) is 30.5 Å². The van der Waals surface area contributed by atoms with Gasteiger partial charge in [0.1, 0.15) is 0 Å². The zero-order valence-electron chi connectivity index (χ0n) is 10.4. The van der Waals surface area contributed by atoms with Crippen molar-refractivity contribution in [3.05, 3.63) is 36.0 Å². The van der Waals surface area contributed by atoms with E-state index in [1.165, 1.54) is 0 Å². The van der Waals surface area contributed by atoms with Crippen molar-refractivity contribution in [1.29, 1.82) is 0 Å². The monoisotopic (exact) mass is 272 g/mol. The summed E-state index contributed by atoms with van der Waals surface area (Å²) in [7, 11) is 0. The Hall–Kier alpha value is -2.90. The smallest absolute Gasteiger partial charge is 0.436 e. The van der Waals surface area contributed by atoms with Crippen LogP contribution in [0.5, 0.6) is 0 Å². The lowest BCUT2D eigenvalue weighted by molar-refractivity contribution is 0.192. The van der Waals surface area contributed by atoms with Crippen LogP contribution in [0.4, 0.5) is 10.7 Å². The SMILES string of the molecule is O=C(O)n1nnnc1NCCc1c[nH]c2ccccc12. The standard InChI is InChI=1S/C12H12N6O2/c19-12(20)18-11(15-16-17-18)13-6-5-8-7-14-10-4-2-1-3-9(8)10/h1-4,7,14H,5-6H2,(H,19,20)(H,13,15,17). The summed E-state index contributed by atoms with van der Waals surface area (Å²) in [5.41, 5.74) is 2.24. The van der Waals surface area contributed by atoms with Crippen LogP contribution in [0, 0.1) is 0 Å². The van der Waals surface area contributed by atoms with Crippen molar-refractivity contribution in [2.45, 2.75) is 6.42 Å². The van der Waals surface area contributed by atoms with Crippen LogP contribution in [-0.2, 0) is 6.42 Å². The highest BCUT2D eigenvalue weighted by molar-refractivity contribution is 5.83. The molecule has 0 radical (unpaired) electrons. The topological polar surface area (TPSA) is 109 Å². The van der Waals surface area contributed by atoms with E-state index in [0.29, 0.717) is 11.2 Å². The number of aromatic nitrogens is 5. The third-order valence-corrected chi connectivity index (χ3v) is 3.00. The molecule has 8 heteroatoms. The lowest BCUT2D eigenvalue weighted by Gasteiger charge is -2.03. The number of fused-ring (bicyclic) bond motifs is 1. The predicted octanol–water partition coefficient (Wildman–Crippen LogP) is 1.34. The van der Waals surface area contributed by atoms with E-state index in [1.54, 1.807) is 0 Å². The van der Waals surface area contributed by atoms with Crippen molar-refractivity contribution in [3.63, 3.8) is 0 Å². The molecule has 1 aromatic carbocycles. The Kier molecular flexibility index (Phi) is 3.04. The lowest BCUT2D eigenvalue weighted by atomic mass is 10.1. The van der Waals surface area contributed by atoms with E-state index in [-0.39, 0.29) is 5.95 Å². The first-order valence-corrected chi connectivity index (χ1v) is 6.06. The van der Waals surface area contributed by atoms with Crippen LogP contribution >= 0.6 is 0 Å². The second-order valence-corrected chi connectivity index (χ2v) is 4.23. The average Bonchev–Trinajstić information content (AvgIpc) is 3.06. The van der Waals surface area contributed by atoms with E-state index in [4.69, 9.17) is 5.11 Å². The van der Waals surface area contributed by atoms with Gasteiger partial charge in [0.2, 0.25) is 0 Å². The molecule has 0 saturated heterocycles. The summed E-state index contributed by atoms with van der Waals surface area (Å²) in [6.07, 6.45) is 1.47. The van der Waals surface area contributed by atoms with E-state index in [0.717, 1.165) is 22.9 Å². The molecule has 0 aliphatic carbocycles. The van der Waals surface area contributed by atoms with Gasteiger partial charge in [-0.1, -0.05) is 23.3 Å². The van der Waals surface area contributed by atoms with Crippen LogP contribution in [0.2, 0.25) is 0 Å². The van der Waals surface area contributed by atoms with Crippen LogP contribution in [0.1, 0.15) is 5.56 Å². The Morgan fingerprint density at radius 3 is 3.10 bits per heavy atom. The van der Waals surface area contributed by atoms with Crippen molar-refractivity contribution < 1.29 is 9.90 Å². The molecule has 3 aromatic rings. The summed E-state index contributed by atoms with van der Waals surface area (Å²) in [5.74, 6) is 0.123. The second kappa shape index (κ2) is 5.00. The molecule has 0 saturated carbocycles. The number of anilines is 1. The predicted molar refractivity (Wildman–Crippen MR) is 71.7 cm³/mol. The van der Waals surface area contributed by atoms with Crippen molar-refractivity contribution in [2.24, 2.45) is 0 Å². The van der Waals surface area contributed by atoms with Gasteiger partial charge in [0.15, 0.2) is 0 Å². The van der Waals surface area contributed by atoms with Gasteiger partial charge in [0, 0.05) is 23.6 Å². The molecule has 0 aliphatic heterocycles. The number of H-pyrrole nitrogens is 1. The zero-order chi connectivity index (χ0) is 13.9. The van der Waals surface area contributed by atoms with E-state index < -0.39 is 6.09 Å². The number of para-hydroxylation sites is 1. The zero-order valence-corrected chi connectivity index (χ0v) is 10.4. The second-order valence-electron chi connectivity index (χ2n) is 4.23. The number of carboxylic acid groups (broad SMARTS) is 1. The van der Waals surface area contributed by atoms with E-state index in [9.17, 15) is 4.79 Å².